The van der Waals surface area contributed by atoms with Gasteiger partial charge in [-0.15, -0.1) is 0 Å². The molecule has 0 aliphatic carbocycles. The van der Waals surface area contributed by atoms with Gasteiger partial charge in [0.15, 0.2) is 5.75 Å². The Morgan fingerprint density at radius 2 is 2.33 bits per heavy atom. The standard InChI is InChI=1S/C10H16N2O3/c1-4-15-8-6-12(5-7(2)3)11-9(8)10(13)14/h6-7H,4-5H2,1-3H3,(H,13,14). The molecule has 0 aliphatic heterocycles. The number of hydrogen-bond donors (Lipinski definition) is 1. The quantitative estimate of drug-likeness (QED) is 0.805. The molecule has 1 aromatic heterocycles. The van der Waals surface area contributed by atoms with Crippen molar-refractivity contribution in [3.05, 3.63) is 11.9 Å². The van der Waals surface area contributed by atoms with Crippen molar-refractivity contribution in [2.45, 2.75) is 27.3 Å². The molecule has 0 amide bonds. The summed E-state index contributed by atoms with van der Waals surface area (Å²) in [6, 6.07) is 0. The number of carbonyl (C=O) groups is 1. The van der Waals surface area contributed by atoms with Gasteiger partial charge in [-0.3, -0.25) is 4.68 Å². The Bertz CT molecular complexity index is 344. The molecule has 0 saturated heterocycles. The minimum Gasteiger partial charge on any atom is -0.490 e. The van der Waals surface area contributed by atoms with Crippen LogP contribution in [-0.2, 0) is 6.54 Å². The van der Waals surface area contributed by atoms with Crippen molar-refractivity contribution in [2.75, 3.05) is 6.61 Å². The molecule has 1 rings (SSSR count). The van der Waals surface area contributed by atoms with Crippen LogP contribution in [0.4, 0.5) is 0 Å². The molecule has 1 aromatic rings. The molecule has 0 fully saturated rings. The van der Waals surface area contributed by atoms with Crippen molar-refractivity contribution in [3.63, 3.8) is 0 Å². The molecule has 0 radical (unpaired) electrons. The number of rotatable bonds is 5. The topological polar surface area (TPSA) is 64.4 Å². The molecule has 0 spiro atoms. The molecule has 15 heavy (non-hydrogen) atoms. The van der Waals surface area contributed by atoms with E-state index >= 15 is 0 Å². The normalized spacial score (nSPS) is 10.7. The van der Waals surface area contributed by atoms with Gasteiger partial charge in [-0.05, 0) is 12.8 Å². The number of hydrogen-bond acceptors (Lipinski definition) is 3. The van der Waals surface area contributed by atoms with E-state index in [0.29, 0.717) is 24.8 Å². The van der Waals surface area contributed by atoms with Crippen LogP contribution in [0.1, 0.15) is 31.3 Å². The van der Waals surface area contributed by atoms with E-state index in [2.05, 4.69) is 5.10 Å². The third kappa shape index (κ3) is 2.97. The molecule has 0 aromatic carbocycles. The Balaban J connectivity index is 2.93. The van der Waals surface area contributed by atoms with Gasteiger partial charge < -0.3 is 9.84 Å². The zero-order valence-electron chi connectivity index (χ0n) is 9.23. The summed E-state index contributed by atoms with van der Waals surface area (Å²) in [6.45, 7) is 7.03. The summed E-state index contributed by atoms with van der Waals surface area (Å²) in [7, 11) is 0. The van der Waals surface area contributed by atoms with E-state index in [1.807, 2.05) is 20.8 Å². The molecule has 0 bridgehead atoms. The number of ether oxygens (including phenoxy) is 1. The second kappa shape index (κ2) is 4.82. The lowest BCUT2D eigenvalue weighted by Crippen LogP contribution is -2.07. The van der Waals surface area contributed by atoms with Gasteiger partial charge >= 0.3 is 5.97 Å². The molecular weight excluding hydrogens is 196 g/mol. The fourth-order valence-electron chi connectivity index (χ4n) is 1.28. The van der Waals surface area contributed by atoms with Gasteiger partial charge in [0.2, 0.25) is 5.69 Å². The first-order valence-corrected chi connectivity index (χ1v) is 4.98. The van der Waals surface area contributed by atoms with Gasteiger partial charge in [0.05, 0.1) is 12.8 Å². The Labute approximate surface area is 88.7 Å². The summed E-state index contributed by atoms with van der Waals surface area (Å²) in [5, 5.41) is 12.8. The Morgan fingerprint density at radius 1 is 1.67 bits per heavy atom. The first kappa shape index (κ1) is 11.6. The molecule has 1 heterocycles. The summed E-state index contributed by atoms with van der Waals surface area (Å²) < 4.78 is 6.81. The van der Waals surface area contributed by atoms with E-state index in [1.165, 1.54) is 0 Å². The van der Waals surface area contributed by atoms with Gasteiger partial charge in [0.1, 0.15) is 0 Å². The minimum atomic E-state index is -1.05. The SMILES string of the molecule is CCOc1cn(CC(C)C)nc1C(=O)O. The average Bonchev–Trinajstić information content (AvgIpc) is 2.47. The number of carboxylic acid groups (broad SMARTS) is 1. The van der Waals surface area contributed by atoms with Crippen molar-refractivity contribution in [1.29, 1.82) is 0 Å². The number of aromatic nitrogens is 2. The van der Waals surface area contributed by atoms with E-state index < -0.39 is 5.97 Å². The predicted octanol–water partition coefficient (Wildman–Crippen LogP) is 1.64. The van der Waals surface area contributed by atoms with Crippen molar-refractivity contribution in [3.8, 4) is 5.75 Å². The summed E-state index contributed by atoms with van der Waals surface area (Å²) in [5.74, 6) is -0.298. The monoisotopic (exact) mass is 212 g/mol. The Morgan fingerprint density at radius 3 is 2.80 bits per heavy atom. The highest BCUT2D eigenvalue weighted by Crippen LogP contribution is 2.17. The molecule has 84 valence electrons. The molecule has 5 nitrogen and oxygen atoms in total. The zero-order valence-corrected chi connectivity index (χ0v) is 9.23. The van der Waals surface area contributed by atoms with Crippen LogP contribution in [-0.4, -0.2) is 27.5 Å². The van der Waals surface area contributed by atoms with Gasteiger partial charge in [-0.2, -0.15) is 5.10 Å². The van der Waals surface area contributed by atoms with Crippen LogP contribution in [0.25, 0.3) is 0 Å². The predicted molar refractivity (Wildman–Crippen MR) is 55.2 cm³/mol. The molecule has 0 atom stereocenters. The Hall–Kier alpha value is -1.52. The van der Waals surface area contributed by atoms with Crippen molar-refractivity contribution < 1.29 is 14.6 Å². The van der Waals surface area contributed by atoms with Gasteiger partial charge in [-0.1, -0.05) is 13.8 Å². The maximum atomic E-state index is 10.8. The van der Waals surface area contributed by atoms with E-state index in [4.69, 9.17) is 9.84 Å². The minimum absolute atomic E-state index is 0.0162. The number of carboxylic acids is 1. The lowest BCUT2D eigenvalue weighted by molar-refractivity contribution is 0.0685. The molecule has 1 N–H and O–H groups in total. The summed E-state index contributed by atoms with van der Waals surface area (Å²) in [6.07, 6.45) is 1.63. The summed E-state index contributed by atoms with van der Waals surface area (Å²) in [5.41, 5.74) is -0.0162. The Kier molecular flexibility index (Phi) is 3.71. The van der Waals surface area contributed by atoms with Crippen LogP contribution >= 0.6 is 0 Å². The fourth-order valence-corrected chi connectivity index (χ4v) is 1.28. The van der Waals surface area contributed by atoms with Crippen molar-refractivity contribution >= 4 is 5.97 Å². The van der Waals surface area contributed by atoms with E-state index in [9.17, 15) is 4.79 Å². The smallest absolute Gasteiger partial charge is 0.360 e. The van der Waals surface area contributed by atoms with Crippen LogP contribution in [0.3, 0.4) is 0 Å². The van der Waals surface area contributed by atoms with Crippen molar-refractivity contribution in [1.82, 2.24) is 9.78 Å². The molecule has 0 saturated carbocycles. The molecular formula is C10H16N2O3. The maximum Gasteiger partial charge on any atom is 0.360 e. The summed E-state index contributed by atoms with van der Waals surface area (Å²) >= 11 is 0. The third-order valence-electron chi connectivity index (χ3n) is 1.78. The lowest BCUT2D eigenvalue weighted by atomic mass is 10.2. The van der Waals surface area contributed by atoms with Gasteiger partial charge in [0, 0.05) is 6.54 Å². The maximum absolute atomic E-state index is 10.8. The fraction of sp³-hybridized carbons (Fsp3) is 0.600. The molecule has 0 aliphatic rings. The van der Waals surface area contributed by atoms with Crippen LogP contribution in [0.2, 0.25) is 0 Å². The van der Waals surface area contributed by atoms with Crippen LogP contribution in [0.5, 0.6) is 5.75 Å². The van der Waals surface area contributed by atoms with E-state index in [1.54, 1.807) is 10.9 Å². The molecule has 5 heteroatoms. The highest BCUT2D eigenvalue weighted by Gasteiger charge is 2.17. The second-order valence-corrected chi connectivity index (χ2v) is 3.70. The van der Waals surface area contributed by atoms with E-state index in [-0.39, 0.29) is 5.69 Å². The first-order valence-electron chi connectivity index (χ1n) is 4.98. The van der Waals surface area contributed by atoms with Crippen LogP contribution < -0.4 is 4.74 Å². The highest BCUT2D eigenvalue weighted by molar-refractivity contribution is 5.88. The highest BCUT2D eigenvalue weighted by atomic mass is 16.5. The van der Waals surface area contributed by atoms with Gasteiger partial charge in [0.25, 0.3) is 0 Å². The van der Waals surface area contributed by atoms with Crippen molar-refractivity contribution in [2.24, 2.45) is 5.92 Å². The third-order valence-corrected chi connectivity index (χ3v) is 1.78. The largest absolute Gasteiger partial charge is 0.490 e. The van der Waals surface area contributed by atoms with Crippen LogP contribution in [0, 0.1) is 5.92 Å². The van der Waals surface area contributed by atoms with Crippen LogP contribution in [0.15, 0.2) is 6.20 Å². The first-order chi connectivity index (χ1) is 7.04. The number of aromatic carboxylic acids is 1. The second-order valence-electron chi connectivity index (χ2n) is 3.70. The zero-order chi connectivity index (χ0) is 11.4. The number of nitrogens with zero attached hydrogens (tertiary/aromatic N) is 2. The summed E-state index contributed by atoms with van der Waals surface area (Å²) in [4.78, 5) is 10.8. The molecule has 0 unspecified atom stereocenters. The van der Waals surface area contributed by atoms with E-state index in [0.717, 1.165) is 0 Å². The lowest BCUT2D eigenvalue weighted by Gasteiger charge is -2.03. The van der Waals surface area contributed by atoms with Gasteiger partial charge in [-0.25, -0.2) is 4.79 Å². The average molecular weight is 212 g/mol.